The van der Waals surface area contributed by atoms with Crippen LogP contribution in [0, 0.1) is 17.0 Å². The first-order chi connectivity index (χ1) is 11.6. The first-order valence-electron chi connectivity index (χ1n) is 7.67. The van der Waals surface area contributed by atoms with Crippen molar-refractivity contribution in [1.82, 2.24) is 5.32 Å². The van der Waals surface area contributed by atoms with Gasteiger partial charge in [0.1, 0.15) is 17.2 Å². The number of nitro benzene ring substituents is 1. The van der Waals surface area contributed by atoms with Gasteiger partial charge in [0, 0.05) is 17.7 Å². The molecule has 0 atom stereocenters. The van der Waals surface area contributed by atoms with E-state index in [1.54, 1.807) is 18.2 Å². The van der Waals surface area contributed by atoms with E-state index in [1.165, 1.54) is 24.3 Å². The van der Waals surface area contributed by atoms with Gasteiger partial charge in [-0.3, -0.25) is 10.1 Å². The second kappa shape index (κ2) is 7.21. The highest BCUT2D eigenvalue weighted by Gasteiger charge is 2.15. The van der Waals surface area contributed by atoms with E-state index in [0.29, 0.717) is 17.2 Å². The van der Waals surface area contributed by atoms with Gasteiger partial charge in [0.2, 0.25) is 0 Å². The minimum absolute atomic E-state index is 0.00215. The molecule has 0 aliphatic rings. The summed E-state index contributed by atoms with van der Waals surface area (Å²) < 4.78 is 10.9. The highest BCUT2D eigenvalue weighted by Crippen LogP contribution is 2.29. The monoisotopic (exact) mass is 344 g/mol. The predicted molar refractivity (Wildman–Crippen MR) is 93.3 cm³/mol. The number of nitrogens with zero attached hydrogens (tertiary/aromatic N) is 1. The summed E-state index contributed by atoms with van der Waals surface area (Å²) in [5.41, 5.74) is 0.377. The maximum atomic E-state index is 11.8. The van der Waals surface area contributed by atoms with Gasteiger partial charge in [0.15, 0.2) is 0 Å². The number of amides is 1. The van der Waals surface area contributed by atoms with Gasteiger partial charge >= 0.3 is 6.09 Å². The lowest BCUT2D eigenvalue weighted by molar-refractivity contribution is -0.384. The zero-order chi connectivity index (χ0) is 18.6. The summed E-state index contributed by atoms with van der Waals surface area (Å²) >= 11 is 0. The fourth-order valence-corrected chi connectivity index (χ4v) is 2.00. The molecule has 0 radical (unpaired) electrons. The molecule has 0 fully saturated rings. The first-order valence-corrected chi connectivity index (χ1v) is 7.67. The summed E-state index contributed by atoms with van der Waals surface area (Å²) in [6, 6.07) is 10.8. The molecule has 2 rings (SSSR count). The predicted octanol–water partition coefficient (Wildman–Crippen LogP) is 4.58. The quantitative estimate of drug-likeness (QED) is 0.647. The van der Waals surface area contributed by atoms with E-state index in [-0.39, 0.29) is 11.2 Å². The molecule has 2 aromatic rings. The number of non-ortho nitro benzene ring substituents is 1. The van der Waals surface area contributed by atoms with Gasteiger partial charge in [0.25, 0.3) is 5.69 Å². The van der Waals surface area contributed by atoms with Crippen LogP contribution in [0.15, 0.2) is 42.5 Å². The van der Waals surface area contributed by atoms with Gasteiger partial charge in [-0.15, -0.1) is 0 Å². The van der Waals surface area contributed by atoms with Crippen molar-refractivity contribution in [3.8, 4) is 17.2 Å². The summed E-state index contributed by atoms with van der Waals surface area (Å²) in [5.74, 6) is 1.44. The molecule has 1 N–H and O–H groups in total. The number of ether oxygens (including phenoxy) is 2. The van der Waals surface area contributed by atoms with E-state index in [9.17, 15) is 14.9 Å². The molecule has 1 amide bonds. The van der Waals surface area contributed by atoms with E-state index < -0.39 is 11.0 Å². The third-order valence-corrected chi connectivity index (χ3v) is 3.11. The number of hydrogen-bond acceptors (Lipinski definition) is 5. The van der Waals surface area contributed by atoms with Crippen LogP contribution in [-0.4, -0.2) is 16.6 Å². The fourth-order valence-electron chi connectivity index (χ4n) is 2.00. The number of carbonyl (C=O) groups excluding carboxylic acids is 1. The third kappa shape index (κ3) is 5.49. The minimum atomic E-state index is -0.532. The Bertz CT molecular complexity index is 779. The lowest BCUT2D eigenvalue weighted by Crippen LogP contribution is -2.42. The molecule has 0 heterocycles. The third-order valence-electron chi connectivity index (χ3n) is 3.11. The zero-order valence-corrected chi connectivity index (χ0v) is 14.5. The Hall–Kier alpha value is -3.09. The van der Waals surface area contributed by atoms with Crippen LogP contribution in [0.4, 0.5) is 10.5 Å². The highest BCUT2D eigenvalue weighted by molar-refractivity contribution is 5.71. The van der Waals surface area contributed by atoms with Crippen LogP contribution in [-0.2, 0) is 0 Å². The Morgan fingerprint density at radius 1 is 1.08 bits per heavy atom. The Morgan fingerprint density at radius 2 is 1.68 bits per heavy atom. The van der Waals surface area contributed by atoms with Crippen LogP contribution in [0.3, 0.4) is 0 Å². The maximum absolute atomic E-state index is 11.8. The normalized spacial score (nSPS) is 10.9. The van der Waals surface area contributed by atoms with Crippen molar-refractivity contribution in [2.24, 2.45) is 0 Å². The molecule has 0 bridgehead atoms. The molecule has 0 aliphatic heterocycles. The van der Waals surface area contributed by atoms with Gasteiger partial charge in [-0.25, -0.2) is 4.79 Å². The minimum Gasteiger partial charge on any atom is -0.457 e. The topological polar surface area (TPSA) is 90.7 Å². The highest BCUT2D eigenvalue weighted by atomic mass is 16.6. The molecule has 0 aliphatic carbocycles. The number of nitrogens with one attached hydrogen (secondary N) is 1. The van der Waals surface area contributed by atoms with Crippen LogP contribution in [0.25, 0.3) is 0 Å². The van der Waals surface area contributed by atoms with E-state index in [4.69, 9.17) is 9.47 Å². The van der Waals surface area contributed by atoms with Crippen LogP contribution in [0.2, 0.25) is 0 Å². The molecular weight excluding hydrogens is 324 g/mol. The molecule has 7 nitrogen and oxygen atoms in total. The van der Waals surface area contributed by atoms with Crippen molar-refractivity contribution in [2.45, 2.75) is 33.2 Å². The largest absolute Gasteiger partial charge is 0.457 e. The zero-order valence-electron chi connectivity index (χ0n) is 14.5. The van der Waals surface area contributed by atoms with Gasteiger partial charge in [0.05, 0.1) is 4.92 Å². The summed E-state index contributed by atoms with van der Waals surface area (Å²) in [6.45, 7) is 7.40. The molecule has 0 unspecified atom stereocenters. The number of benzene rings is 2. The van der Waals surface area contributed by atoms with E-state index >= 15 is 0 Å². The molecule has 2 aromatic carbocycles. The fraction of sp³-hybridized carbons (Fsp3) is 0.278. The Kier molecular flexibility index (Phi) is 5.26. The summed E-state index contributed by atoms with van der Waals surface area (Å²) in [4.78, 5) is 22.0. The number of aryl methyl sites for hydroxylation is 1. The smallest absolute Gasteiger partial charge is 0.413 e. The summed E-state index contributed by atoms with van der Waals surface area (Å²) in [6.07, 6.45) is -0.532. The number of carbonyl (C=O) groups is 1. The SMILES string of the molecule is Cc1cc(OC(=O)NC(C)(C)C)ccc1Oc1ccc([N+](=O)[O-])cc1. The standard InChI is InChI=1S/C18H20N2O5/c1-12-11-15(25-17(21)19-18(2,3)4)9-10-16(12)24-14-7-5-13(6-8-14)20(22)23/h5-11H,1-4H3,(H,19,21). The molecule has 7 heteroatoms. The Balaban J connectivity index is 2.06. The second-order valence-electron chi connectivity index (χ2n) is 6.54. The Labute approximate surface area is 145 Å². The maximum Gasteiger partial charge on any atom is 0.413 e. The lowest BCUT2D eigenvalue weighted by Gasteiger charge is -2.20. The number of rotatable bonds is 4. The molecule has 25 heavy (non-hydrogen) atoms. The van der Waals surface area contributed by atoms with Crippen molar-refractivity contribution in [3.63, 3.8) is 0 Å². The van der Waals surface area contributed by atoms with Crippen LogP contribution in [0.1, 0.15) is 26.3 Å². The van der Waals surface area contributed by atoms with Crippen molar-refractivity contribution >= 4 is 11.8 Å². The average molecular weight is 344 g/mol. The molecule has 0 saturated carbocycles. The van der Waals surface area contributed by atoms with Crippen LogP contribution >= 0.6 is 0 Å². The summed E-state index contributed by atoms with van der Waals surface area (Å²) in [5, 5.41) is 13.4. The lowest BCUT2D eigenvalue weighted by atomic mass is 10.1. The second-order valence-corrected chi connectivity index (χ2v) is 6.54. The van der Waals surface area contributed by atoms with Crippen LogP contribution < -0.4 is 14.8 Å². The average Bonchev–Trinajstić information content (AvgIpc) is 2.48. The van der Waals surface area contributed by atoms with Gasteiger partial charge in [-0.1, -0.05) is 0 Å². The van der Waals surface area contributed by atoms with E-state index in [0.717, 1.165) is 5.56 Å². The number of hydrogen-bond donors (Lipinski definition) is 1. The van der Waals surface area contributed by atoms with Crippen molar-refractivity contribution in [3.05, 3.63) is 58.1 Å². The van der Waals surface area contributed by atoms with Crippen molar-refractivity contribution < 1.29 is 19.2 Å². The molecule has 132 valence electrons. The summed E-state index contributed by atoms with van der Waals surface area (Å²) in [7, 11) is 0. The van der Waals surface area contributed by atoms with Gasteiger partial charge in [-0.2, -0.15) is 0 Å². The Morgan fingerprint density at radius 3 is 2.20 bits per heavy atom. The van der Waals surface area contributed by atoms with E-state index in [2.05, 4.69) is 5.32 Å². The molecular formula is C18H20N2O5. The molecule has 0 aromatic heterocycles. The van der Waals surface area contributed by atoms with Gasteiger partial charge in [-0.05, 0) is 63.6 Å². The van der Waals surface area contributed by atoms with Crippen LogP contribution in [0.5, 0.6) is 17.2 Å². The van der Waals surface area contributed by atoms with Crippen molar-refractivity contribution in [1.29, 1.82) is 0 Å². The number of nitro groups is 1. The first kappa shape index (κ1) is 18.3. The van der Waals surface area contributed by atoms with Gasteiger partial charge < -0.3 is 14.8 Å². The van der Waals surface area contributed by atoms with E-state index in [1.807, 2.05) is 27.7 Å². The molecule has 0 saturated heterocycles. The van der Waals surface area contributed by atoms with Crippen molar-refractivity contribution in [2.75, 3.05) is 0 Å². The molecule has 0 spiro atoms.